The molecule has 3 atom stereocenters. The molecule has 7 nitrogen and oxygen atoms in total. The van der Waals surface area contributed by atoms with E-state index in [0.717, 1.165) is 48.7 Å². The maximum Gasteiger partial charge on any atom is 0.254 e. The van der Waals surface area contributed by atoms with E-state index in [-0.39, 0.29) is 11.9 Å². The fourth-order valence-corrected chi connectivity index (χ4v) is 7.69. The number of morpholine rings is 1. The number of halogens is 1. The predicted molar refractivity (Wildman–Crippen MR) is 169 cm³/mol. The summed E-state index contributed by atoms with van der Waals surface area (Å²) in [6.07, 6.45) is 5.95. The van der Waals surface area contributed by atoms with Crippen LogP contribution in [-0.2, 0) is 4.74 Å². The number of hydrogen-bond acceptors (Lipinski definition) is 5. The summed E-state index contributed by atoms with van der Waals surface area (Å²) in [6, 6.07) is 10.3. The predicted octanol–water partition coefficient (Wildman–Crippen LogP) is 6.00. The molecular weight excluding hydrogens is 541 g/mol. The Morgan fingerprint density at radius 2 is 1.93 bits per heavy atom. The Labute approximate surface area is 256 Å². The number of nitrogens with zero attached hydrogens (tertiary/aromatic N) is 5. The van der Waals surface area contributed by atoms with E-state index in [1.165, 1.54) is 43.5 Å². The number of amides is 1. The standard InChI is InChI=1S/C35H48FN5O2/c1-7-40(23(4)5)35(42)31-15-27(36)10-11-30(31)34-14-25(13-33-24(6)37-21-41(33)34)26-17-39(18-26)32(22(2)3)9-8-12-38-19-29-16-28(38)20-43-29/h10-11,13-15,21-23,26,28-29,32H,7-9,12,16-20H2,1-6H3/t28-,29-,32?/m1/s1. The Bertz CT molecular complexity index is 1460. The highest BCUT2D eigenvalue weighted by Crippen LogP contribution is 2.37. The van der Waals surface area contributed by atoms with E-state index < -0.39 is 5.82 Å². The fraction of sp³-hybridized carbons (Fsp3) is 0.600. The molecule has 8 heteroatoms. The molecule has 0 spiro atoms. The van der Waals surface area contributed by atoms with E-state index in [1.54, 1.807) is 11.0 Å². The normalized spacial score (nSPS) is 21.8. The van der Waals surface area contributed by atoms with Gasteiger partial charge in [0.25, 0.3) is 5.91 Å². The average molecular weight is 590 g/mol. The first-order valence-corrected chi connectivity index (χ1v) is 16.3. The van der Waals surface area contributed by atoms with Crippen molar-refractivity contribution in [3.63, 3.8) is 0 Å². The van der Waals surface area contributed by atoms with Crippen molar-refractivity contribution in [1.29, 1.82) is 0 Å². The highest BCUT2D eigenvalue weighted by atomic mass is 19.1. The van der Waals surface area contributed by atoms with Gasteiger partial charge in [0, 0.05) is 55.8 Å². The summed E-state index contributed by atoms with van der Waals surface area (Å²) in [5.74, 6) is 0.463. The first kappa shape index (κ1) is 30.2. The minimum Gasteiger partial charge on any atom is -0.375 e. The number of aromatic nitrogens is 2. The zero-order valence-electron chi connectivity index (χ0n) is 26.7. The summed E-state index contributed by atoms with van der Waals surface area (Å²) in [4.78, 5) is 25.4. The Morgan fingerprint density at radius 3 is 2.58 bits per heavy atom. The number of carbonyl (C=O) groups excluding carboxylic acids is 1. The second-order valence-corrected chi connectivity index (χ2v) is 13.6. The Hall–Kier alpha value is -2.81. The van der Waals surface area contributed by atoms with E-state index in [4.69, 9.17) is 4.74 Å². The topological polar surface area (TPSA) is 53.3 Å². The van der Waals surface area contributed by atoms with Gasteiger partial charge in [0.1, 0.15) is 5.82 Å². The molecule has 43 heavy (non-hydrogen) atoms. The van der Waals surface area contributed by atoms with Gasteiger partial charge >= 0.3 is 0 Å². The zero-order chi connectivity index (χ0) is 30.4. The molecule has 3 saturated heterocycles. The maximum absolute atomic E-state index is 14.6. The van der Waals surface area contributed by atoms with Crippen LogP contribution in [0.5, 0.6) is 0 Å². The number of pyridine rings is 1. The van der Waals surface area contributed by atoms with Gasteiger partial charge in [0.05, 0.1) is 41.5 Å². The number of hydrogen-bond donors (Lipinski definition) is 0. The monoisotopic (exact) mass is 589 g/mol. The third-order valence-electron chi connectivity index (χ3n) is 10.2. The second-order valence-electron chi connectivity index (χ2n) is 13.6. The molecule has 5 heterocycles. The number of fused-ring (bicyclic) bond motifs is 3. The molecule has 3 aliphatic rings. The minimum absolute atomic E-state index is 0.0183. The summed E-state index contributed by atoms with van der Waals surface area (Å²) in [6.45, 7) is 18.5. The lowest BCUT2D eigenvalue weighted by molar-refractivity contribution is 0.0252. The Morgan fingerprint density at radius 1 is 1.14 bits per heavy atom. The minimum atomic E-state index is -0.402. The summed E-state index contributed by atoms with van der Waals surface area (Å²) >= 11 is 0. The highest BCUT2D eigenvalue weighted by Gasteiger charge is 2.39. The highest BCUT2D eigenvalue weighted by molar-refractivity contribution is 6.01. The SMILES string of the molecule is CCN(C(=O)c1cc(F)ccc1-c1cc(C2CN(C(CCCN3C[C@H]4C[C@@H]3CO4)C(C)C)C2)cc2c(C)ncn12)C(C)C. The largest absolute Gasteiger partial charge is 0.375 e. The molecule has 2 bridgehead atoms. The van der Waals surface area contributed by atoms with Crippen molar-refractivity contribution in [3.8, 4) is 11.3 Å². The van der Waals surface area contributed by atoms with Crippen LogP contribution in [0.15, 0.2) is 36.7 Å². The smallest absolute Gasteiger partial charge is 0.254 e. The van der Waals surface area contributed by atoms with Crippen LogP contribution in [0.4, 0.5) is 4.39 Å². The quantitative estimate of drug-likeness (QED) is 0.275. The molecule has 2 aromatic heterocycles. The molecular formula is C35H48FN5O2. The molecule has 1 aromatic carbocycles. The molecule has 3 aliphatic heterocycles. The van der Waals surface area contributed by atoms with Crippen LogP contribution in [0.2, 0.25) is 0 Å². The van der Waals surface area contributed by atoms with Crippen molar-refractivity contribution < 1.29 is 13.9 Å². The van der Waals surface area contributed by atoms with Crippen molar-refractivity contribution in [2.45, 2.75) is 91.0 Å². The third-order valence-corrected chi connectivity index (χ3v) is 10.2. The van der Waals surface area contributed by atoms with Gasteiger partial charge in [-0.1, -0.05) is 13.8 Å². The first-order valence-electron chi connectivity index (χ1n) is 16.3. The summed E-state index contributed by atoms with van der Waals surface area (Å²) in [5, 5.41) is 0. The van der Waals surface area contributed by atoms with Crippen LogP contribution in [0.25, 0.3) is 16.8 Å². The molecule has 6 rings (SSSR count). The lowest BCUT2D eigenvalue weighted by atomic mass is 9.85. The number of carbonyl (C=O) groups is 1. The van der Waals surface area contributed by atoms with Gasteiger partial charge in [-0.3, -0.25) is 19.0 Å². The van der Waals surface area contributed by atoms with Crippen molar-refractivity contribution in [1.82, 2.24) is 24.1 Å². The van der Waals surface area contributed by atoms with Crippen LogP contribution in [-0.4, -0.2) is 93.6 Å². The van der Waals surface area contributed by atoms with E-state index in [1.807, 2.05) is 34.0 Å². The molecule has 232 valence electrons. The lowest BCUT2D eigenvalue weighted by Crippen LogP contribution is -2.52. The first-order chi connectivity index (χ1) is 20.6. The number of aryl methyl sites for hydroxylation is 1. The van der Waals surface area contributed by atoms with Crippen LogP contribution in [0.3, 0.4) is 0 Å². The third kappa shape index (κ3) is 5.86. The number of benzene rings is 1. The summed E-state index contributed by atoms with van der Waals surface area (Å²) < 4.78 is 22.4. The van der Waals surface area contributed by atoms with E-state index >= 15 is 0 Å². The molecule has 0 saturated carbocycles. The zero-order valence-corrected chi connectivity index (χ0v) is 26.7. The summed E-state index contributed by atoms with van der Waals surface area (Å²) in [5.41, 5.74) is 5.28. The van der Waals surface area contributed by atoms with E-state index in [2.05, 4.69) is 45.2 Å². The van der Waals surface area contributed by atoms with Gasteiger partial charge in [-0.2, -0.15) is 0 Å². The van der Waals surface area contributed by atoms with Gasteiger partial charge in [-0.05, 0) is 95.3 Å². The van der Waals surface area contributed by atoms with Gasteiger partial charge in [-0.25, -0.2) is 9.37 Å². The fourth-order valence-electron chi connectivity index (χ4n) is 7.69. The number of likely N-dealkylation sites (tertiary alicyclic amines) is 2. The van der Waals surface area contributed by atoms with Crippen molar-refractivity contribution in [2.75, 3.05) is 39.3 Å². The van der Waals surface area contributed by atoms with Crippen molar-refractivity contribution in [2.24, 2.45) is 5.92 Å². The van der Waals surface area contributed by atoms with E-state index in [0.29, 0.717) is 42.1 Å². The van der Waals surface area contributed by atoms with Gasteiger partial charge in [0.15, 0.2) is 0 Å². The van der Waals surface area contributed by atoms with Gasteiger partial charge in [0.2, 0.25) is 0 Å². The van der Waals surface area contributed by atoms with Crippen LogP contribution in [0.1, 0.15) is 81.4 Å². The number of rotatable bonds is 11. The van der Waals surface area contributed by atoms with Crippen LogP contribution in [0, 0.1) is 18.7 Å². The molecule has 3 fully saturated rings. The average Bonchev–Trinajstić information content (AvgIpc) is 3.67. The molecule has 0 N–H and O–H groups in total. The lowest BCUT2D eigenvalue weighted by Gasteiger charge is -2.46. The van der Waals surface area contributed by atoms with Gasteiger partial charge < -0.3 is 9.64 Å². The van der Waals surface area contributed by atoms with E-state index in [9.17, 15) is 9.18 Å². The van der Waals surface area contributed by atoms with Crippen molar-refractivity contribution >= 4 is 11.4 Å². The summed E-state index contributed by atoms with van der Waals surface area (Å²) in [7, 11) is 0. The number of ether oxygens (including phenoxy) is 1. The van der Waals surface area contributed by atoms with Crippen molar-refractivity contribution in [3.05, 3.63) is 59.3 Å². The molecule has 1 amide bonds. The Balaban J connectivity index is 1.23. The molecule has 3 aromatic rings. The molecule has 0 radical (unpaired) electrons. The van der Waals surface area contributed by atoms with Gasteiger partial charge in [-0.15, -0.1) is 0 Å². The molecule has 1 unspecified atom stereocenters. The maximum atomic E-state index is 14.6. The molecule has 0 aliphatic carbocycles. The Kier molecular flexibility index (Phi) is 8.64. The second kappa shape index (κ2) is 12.3. The number of imidazole rings is 1. The van der Waals surface area contributed by atoms with Crippen LogP contribution < -0.4 is 0 Å². The van der Waals surface area contributed by atoms with Crippen LogP contribution >= 0.6 is 0 Å².